The first kappa shape index (κ1) is 19.2. The van der Waals surface area contributed by atoms with Gasteiger partial charge in [0.2, 0.25) is 0 Å². The summed E-state index contributed by atoms with van der Waals surface area (Å²) in [6, 6.07) is 9.30. The molecule has 2 saturated carbocycles. The monoisotopic (exact) mass is 395 g/mol. The van der Waals surface area contributed by atoms with Crippen molar-refractivity contribution in [2.45, 2.75) is 51.6 Å². The summed E-state index contributed by atoms with van der Waals surface area (Å²) in [7, 11) is 0. The molecule has 2 aliphatic carbocycles. The lowest BCUT2D eigenvalue weighted by atomic mass is 10.1. The standard InChI is InChI=1S/C22H25N3O4/c1-13-11-18(14(2)25(13)16-9-10-16)22(28)29-12-20(26)24-19-6-4-3-5-17(19)21(27)23-15-7-8-15/h3-6,11,15-16H,7-10,12H2,1-2H3,(H,23,27)(H,24,26). The summed E-state index contributed by atoms with van der Waals surface area (Å²) >= 11 is 0. The minimum absolute atomic E-state index is 0.215. The number of nitrogens with zero attached hydrogens (tertiary/aromatic N) is 1. The fourth-order valence-corrected chi connectivity index (χ4v) is 3.55. The molecule has 1 aromatic heterocycles. The highest BCUT2D eigenvalue weighted by atomic mass is 16.5. The van der Waals surface area contributed by atoms with Crippen molar-refractivity contribution in [1.29, 1.82) is 0 Å². The predicted molar refractivity (Wildman–Crippen MR) is 108 cm³/mol. The predicted octanol–water partition coefficient (Wildman–Crippen LogP) is 3.13. The van der Waals surface area contributed by atoms with Gasteiger partial charge in [0, 0.05) is 23.5 Å². The van der Waals surface area contributed by atoms with E-state index in [1.807, 2.05) is 19.9 Å². The number of amides is 2. The number of esters is 1. The van der Waals surface area contributed by atoms with Gasteiger partial charge in [0.1, 0.15) is 0 Å². The molecule has 2 fully saturated rings. The van der Waals surface area contributed by atoms with Crippen LogP contribution in [0.15, 0.2) is 30.3 Å². The van der Waals surface area contributed by atoms with Crippen LogP contribution in [0, 0.1) is 13.8 Å². The fraction of sp³-hybridized carbons (Fsp3) is 0.409. The van der Waals surface area contributed by atoms with Crippen LogP contribution in [0.3, 0.4) is 0 Å². The van der Waals surface area contributed by atoms with Crippen LogP contribution >= 0.6 is 0 Å². The topological polar surface area (TPSA) is 89.4 Å². The molecule has 0 atom stereocenters. The van der Waals surface area contributed by atoms with E-state index in [1.165, 1.54) is 0 Å². The van der Waals surface area contributed by atoms with Crippen LogP contribution in [0.2, 0.25) is 0 Å². The van der Waals surface area contributed by atoms with Gasteiger partial charge in [-0.3, -0.25) is 9.59 Å². The largest absolute Gasteiger partial charge is 0.452 e. The van der Waals surface area contributed by atoms with Crippen LogP contribution in [0.4, 0.5) is 5.69 Å². The quantitative estimate of drug-likeness (QED) is 0.705. The van der Waals surface area contributed by atoms with Gasteiger partial charge in [0.25, 0.3) is 11.8 Å². The lowest BCUT2D eigenvalue weighted by Crippen LogP contribution is -2.28. The van der Waals surface area contributed by atoms with Crippen molar-refractivity contribution in [2.75, 3.05) is 11.9 Å². The number of hydrogen-bond acceptors (Lipinski definition) is 4. The van der Waals surface area contributed by atoms with Gasteiger partial charge in [-0.1, -0.05) is 12.1 Å². The van der Waals surface area contributed by atoms with Crippen molar-refractivity contribution in [1.82, 2.24) is 9.88 Å². The molecule has 4 rings (SSSR count). The van der Waals surface area contributed by atoms with Crippen molar-refractivity contribution in [3.05, 3.63) is 52.8 Å². The molecule has 2 N–H and O–H groups in total. The Bertz CT molecular complexity index is 970. The second-order valence-corrected chi connectivity index (χ2v) is 7.80. The van der Waals surface area contributed by atoms with Gasteiger partial charge in [0.05, 0.1) is 16.8 Å². The van der Waals surface area contributed by atoms with E-state index in [1.54, 1.807) is 24.3 Å². The molecule has 7 heteroatoms. The van der Waals surface area contributed by atoms with Crippen LogP contribution < -0.4 is 10.6 Å². The maximum Gasteiger partial charge on any atom is 0.340 e. The number of benzene rings is 1. The van der Waals surface area contributed by atoms with E-state index >= 15 is 0 Å². The third-order valence-corrected chi connectivity index (χ3v) is 5.31. The van der Waals surface area contributed by atoms with Gasteiger partial charge in [-0.15, -0.1) is 0 Å². The number of hydrogen-bond donors (Lipinski definition) is 2. The zero-order chi connectivity index (χ0) is 20.5. The molecule has 2 aliphatic rings. The van der Waals surface area contributed by atoms with Crippen LogP contribution in [0.1, 0.15) is 63.8 Å². The molecule has 2 aromatic rings. The Kier molecular flexibility index (Phi) is 5.13. The Hall–Kier alpha value is -3.09. The molecule has 0 aliphatic heterocycles. The summed E-state index contributed by atoms with van der Waals surface area (Å²) < 4.78 is 7.38. The highest BCUT2D eigenvalue weighted by molar-refractivity contribution is 6.04. The molecule has 0 radical (unpaired) electrons. The number of aryl methyl sites for hydroxylation is 1. The molecular weight excluding hydrogens is 370 g/mol. The Labute approximate surface area is 169 Å². The smallest absolute Gasteiger partial charge is 0.340 e. The number of rotatable bonds is 7. The number of anilines is 1. The second kappa shape index (κ2) is 7.73. The molecule has 0 spiro atoms. The van der Waals surface area contributed by atoms with Crippen LogP contribution in [-0.2, 0) is 9.53 Å². The van der Waals surface area contributed by atoms with Gasteiger partial charge in [-0.2, -0.15) is 0 Å². The van der Waals surface area contributed by atoms with Gasteiger partial charge in [-0.25, -0.2) is 4.79 Å². The number of nitrogens with one attached hydrogen (secondary N) is 2. The van der Waals surface area contributed by atoms with Crippen LogP contribution in [0.25, 0.3) is 0 Å². The minimum Gasteiger partial charge on any atom is -0.452 e. The van der Waals surface area contributed by atoms with E-state index in [0.717, 1.165) is 37.1 Å². The van der Waals surface area contributed by atoms with E-state index in [2.05, 4.69) is 15.2 Å². The van der Waals surface area contributed by atoms with E-state index in [4.69, 9.17) is 4.74 Å². The molecule has 29 heavy (non-hydrogen) atoms. The summed E-state index contributed by atoms with van der Waals surface area (Å²) in [4.78, 5) is 37.1. The first-order valence-corrected chi connectivity index (χ1v) is 9.99. The van der Waals surface area contributed by atoms with Gasteiger partial charge >= 0.3 is 5.97 Å². The number of aromatic nitrogens is 1. The highest BCUT2D eigenvalue weighted by Gasteiger charge is 2.29. The van der Waals surface area contributed by atoms with Crippen molar-refractivity contribution < 1.29 is 19.1 Å². The first-order valence-electron chi connectivity index (χ1n) is 9.99. The number of ether oxygens (including phenoxy) is 1. The van der Waals surface area contributed by atoms with Crippen molar-refractivity contribution >= 4 is 23.5 Å². The Morgan fingerprint density at radius 3 is 2.48 bits per heavy atom. The summed E-state index contributed by atoms with van der Waals surface area (Å²) in [5.74, 6) is -1.21. The molecule has 2 amide bonds. The minimum atomic E-state index is -0.514. The van der Waals surface area contributed by atoms with E-state index in [-0.39, 0.29) is 11.9 Å². The molecule has 0 unspecified atom stereocenters. The Morgan fingerprint density at radius 1 is 1.07 bits per heavy atom. The molecule has 1 heterocycles. The maximum atomic E-state index is 12.5. The van der Waals surface area contributed by atoms with Crippen LogP contribution in [-0.4, -0.2) is 35.0 Å². The molecule has 0 bridgehead atoms. The molecule has 1 aromatic carbocycles. The lowest BCUT2D eigenvalue weighted by Gasteiger charge is -2.11. The Morgan fingerprint density at radius 2 is 1.79 bits per heavy atom. The van der Waals surface area contributed by atoms with Crippen molar-refractivity contribution in [2.24, 2.45) is 0 Å². The van der Waals surface area contributed by atoms with E-state index in [9.17, 15) is 14.4 Å². The highest BCUT2D eigenvalue weighted by Crippen LogP contribution is 2.38. The normalized spacial score (nSPS) is 15.7. The molecule has 152 valence electrons. The number of carbonyl (C=O) groups excluding carboxylic acids is 3. The first-order chi connectivity index (χ1) is 13.9. The van der Waals surface area contributed by atoms with Gasteiger partial charge in [-0.05, 0) is 57.7 Å². The molecule has 0 saturated heterocycles. The summed E-state index contributed by atoms with van der Waals surface area (Å²) in [5.41, 5.74) is 3.19. The van der Waals surface area contributed by atoms with E-state index in [0.29, 0.717) is 22.9 Å². The summed E-state index contributed by atoms with van der Waals surface area (Å²) in [5, 5.41) is 5.57. The Balaban J connectivity index is 1.36. The van der Waals surface area contributed by atoms with Gasteiger partial charge < -0.3 is 19.9 Å². The summed E-state index contributed by atoms with van der Waals surface area (Å²) in [6.07, 6.45) is 4.22. The average Bonchev–Trinajstić information content (AvgIpc) is 3.61. The maximum absolute atomic E-state index is 12.5. The number of para-hydroxylation sites is 1. The van der Waals surface area contributed by atoms with E-state index < -0.39 is 18.5 Å². The SMILES string of the molecule is Cc1cc(C(=O)OCC(=O)Nc2ccccc2C(=O)NC2CC2)c(C)n1C1CC1. The van der Waals surface area contributed by atoms with Crippen molar-refractivity contribution in [3.8, 4) is 0 Å². The zero-order valence-corrected chi connectivity index (χ0v) is 16.7. The summed E-state index contributed by atoms with van der Waals surface area (Å²) in [6.45, 7) is 3.46. The average molecular weight is 395 g/mol. The molecular formula is C22H25N3O4. The van der Waals surface area contributed by atoms with Crippen molar-refractivity contribution in [3.63, 3.8) is 0 Å². The second-order valence-electron chi connectivity index (χ2n) is 7.80. The third kappa shape index (κ3) is 4.34. The zero-order valence-electron chi connectivity index (χ0n) is 16.7. The van der Waals surface area contributed by atoms with Gasteiger partial charge in [0.15, 0.2) is 6.61 Å². The molecule has 7 nitrogen and oxygen atoms in total. The van der Waals surface area contributed by atoms with Crippen LogP contribution in [0.5, 0.6) is 0 Å². The fourth-order valence-electron chi connectivity index (χ4n) is 3.55. The third-order valence-electron chi connectivity index (χ3n) is 5.31. The lowest BCUT2D eigenvalue weighted by molar-refractivity contribution is -0.119. The number of carbonyl (C=O) groups is 3.